The molecule has 0 saturated carbocycles. The molecule has 0 atom stereocenters. The molecule has 1 aliphatic heterocycles. The van der Waals surface area contributed by atoms with Crippen LogP contribution >= 0.6 is 0 Å². The van der Waals surface area contributed by atoms with Crippen LogP contribution < -0.4 is 14.4 Å². The highest BCUT2D eigenvalue weighted by atomic mass is 32.2. The predicted octanol–water partition coefficient (Wildman–Crippen LogP) is 3.27. The standard InChI is InChI=1S/C18H22N2O3S/c1-13(2)23-16-5-7-17(8-6-16)24(21,22)19-15-4-9-18-14(12-15)10-11-20(18)3/h4-9,12-13,19H,10-11H2,1-3H3. The third-order valence-electron chi connectivity index (χ3n) is 3.97. The van der Waals surface area contributed by atoms with Crippen molar-refractivity contribution in [1.82, 2.24) is 0 Å². The molecule has 128 valence electrons. The zero-order chi connectivity index (χ0) is 17.3. The molecule has 0 bridgehead atoms. The maximum atomic E-state index is 12.5. The lowest BCUT2D eigenvalue weighted by atomic mass is 10.1. The first-order valence-electron chi connectivity index (χ1n) is 7.99. The van der Waals surface area contributed by atoms with Crippen molar-refractivity contribution in [1.29, 1.82) is 0 Å². The summed E-state index contributed by atoms with van der Waals surface area (Å²) in [4.78, 5) is 2.39. The normalized spacial score (nSPS) is 13.9. The average Bonchev–Trinajstić information content (AvgIpc) is 2.87. The average molecular weight is 346 g/mol. The highest BCUT2D eigenvalue weighted by Gasteiger charge is 2.18. The van der Waals surface area contributed by atoms with Gasteiger partial charge in [-0.05, 0) is 68.3 Å². The third-order valence-corrected chi connectivity index (χ3v) is 5.36. The Morgan fingerprint density at radius 3 is 2.50 bits per heavy atom. The van der Waals surface area contributed by atoms with E-state index in [-0.39, 0.29) is 11.0 Å². The van der Waals surface area contributed by atoms with E-state index in [0.717, 1.165) is 18.7 Å². The first kappa shape index (κ1) is 16.6. The Morgan fingerprint density at radius 2 is 1.83 bits per heavy atom. The molecular weight excluding hydrogens is 324 g/mol. The number of benzene rings is 2. The summed E-state index contributed by atoms with van der Waals surface area (Å²) >= 11 is 0. The molecule has 0 unspecified atom stereocenters. The summed E-state index contributed by atoms with van der Waals surface area (Å²) in [5.74, 6) is 0.657. The number of nitrogens with zero attached hydrogens (tertiary/aromatic N) is 1. The zero-order valence-electron chi connectivity index (χ0n) is 14.1. The van der Waals surface area contributed by atoms with E-state index in [0.29, 0.717) is 11.4 Å². The SMILES string of the molecule is CC(C)Oc1ccc(S(=O)(=O)Nc2ccc3c(c2)CCN3C)cc1. The van der Waals surface area contributed by atoms with Crippen LogP contribution in [0.5, 0.6) is 5.75 Å². The van der Waals surface area contributed by atoms with Crippen molar-refractivity contribution in [2.45, 2.75) is 31.3 Å². The van der Waals surface area contributed by atoms with Crippen LogP contribution in [0.3, 0.4) is 0 Å². The van der Waals surface area contributed by atoms with Gasteiger partial charge in [-0.15, -0.1) is 0 Å². The fourth-order valence-corrected chi connectivity index (χ4v) is 3.86. The number of likely N-dealkylation sites (N-methyl/N-ethyl adjacent to an activating group) is 1. The minimum atomic E-state index is -3.61. The van der Waals surface area contributed by atoms with E-state index in [1.807, 2.05) is 33.0 Å². The van der Waals surface area contributed by atoms with Gasteiger partial charge in [0.1, 0.15) is 5.75 Å². The smallest absolute Gasteiger partial charge is 0.261 e. The van der Waals surface area contributed by atoms with E-state index < -0.39 is 10.0 Å². The Kier molecular flexibility index (Phi) is 4.41. The highest BCUT2D eigenvalue weighted by Crippen LogP contribution is 2.30. The Balaban J connectivity index is 1.79. The van der Waals surface area contributed by atoms with Crippen molar-refractivity contribution < 1.29 is 13.2 Å². The minimum absolute atomic E-state index is 0.0510. The second-order valence-corrected chi connectivity index (χ2v) is 7.94. The number of rotatable bonds is 5. The Bertz CT molecular complexity index is 830. The van der Waals surface area contributed by atoms with Gasteiger partial charge in [0.2, 0.25) is 0 Å². The molecule has 1 heterocycles. The van der Waals surface area contributed by atoms with Crippen LogP contribution in [0.2, 0.25) is 0 Å². The van der Waals surface area contributed by atoms with E-state index in [9.17, 15) is 8.42 Å². The first-order valence-corrected chi connectivity index (χ1v) is 9.47. The van der Waals surface area contributed by atoms with E-state index in [2.05, 4.69) is 9.62 Å². The molecule has 6 heteroatoms. The molecule has 0 radical (unpaired) electrons. The van der Waals surface area contributed by atoms with Crippen LogP contribution in [-0.4, -0.2) is 28.1 Å². The van der Waals surface area contributed by atoms with E-state index in [1.54, 1.807) is 30.3 Å². The maximum Gasteiger partial charge on any atom is 0.261 e. The van der Waals surface area contributed by atoms with Gasteiger partial charge in [-0.2, -0.15) is 0 Å². The number of anilines is 2. The second-order valence-electron chi connectivity index (χ2n) is 6.26. The van der Waals surface area contributed by atoms with Gasteiger partial charge in [0, 0.05) is 25.0 Å². The van der Waals surface area contributed by atoms with Crippen molar-refractivity contribution in [3.8, 4) is 5.75 Å². The molecule has 0 aromatic heterocycles. The lowest BCUT2D eigenvalue weighted by Crippen LogP contribution is -2.14. The van der Waals surface area contributed by atoms with Gasteiger partial charge in [0.25, 0.3) is 10.0 Å². The summed E-state index contributed by atoms with van der Waals surface area (Å²) in [7, 11) is -1.57. The lowest BCUT2D eigenvalue weighted by molar-refractivity contribution is 0.242. The van der Waals surface area contributed by atoms with E-state index >= 15 is 0 Å². The van der Waals surface area contributed by atoms with Crippen molar-refractivity contribution in [3.05, 3.63) is 48.0 Å². The number of hydrogen-bond acceptors (Lipinski definition) is 4. The van der Waals surface area contributed by atoms with Crippen LogP contribution in [0, 0.1) is 0 Å². The molecule has 0 spiro atoms. The molecule has 2 aromatic rings. The van der Waals surface area contributed by atoms with Crippen LogP contribution in [0.4, 0.5) is 11.4 Å². The summed E-state index contributed by atoms with van der Waals surface area (Å²) in [5, 5.41) is 0. The summed E-state index contributed by atoms with van der Waals surface area (Å²) in [6, 6.07) is 12.1. The fraction of sp³-hybridized carbons (Fsp3) is 0.333. The summed E-state index contributed by atoms with van der Waals surface area (Å²) in [5.41, 5.74) is 2.91. The van der Waals surface area contributed by atoms with E-state index in [4.69, 9.17) is 4.74 Å². The molecule has 2 aromatic carbocycles. The van der Waals surface area contributed by atoms with Crippen LogP contribution in [-0.2, 0) is 16.4 Å². The topological polar surface area (TPSA) is 58.6 Å². The Labute approximate surface area is 143 Å². The Morgan fingerprint density at radius 1 is 1.12 bits per heavy atom. The van der Waals surface area contributed by atoms with Gasteiger partial charge in [-0.25, -0.2) is 8.42 Å². The minimum Gasteiger partial charge on any atom is -0.491 e. The molecule has 1 aliphatic rings. The number of sulfonamides is 1. The van der Waals surface area contributed by atoms with Crippen LogP contribution in [0.25, 0.3) is 0 Å². The predicted molar refractivity (Wildman–Crippen MR) is 96.4 cm³/mol. The first-order chi connectivity index (χ1) is 11.3. The van der Waals surface area contributed by atoms with Gasteiger partial charge >= 0.3 is 0 Å². The van der Waals surface area contributed by atoms with Crippen molar-refractivity contribution in [2.24, 2.45) is 0 Å². The lowest BCUT2D eigenvalue weighted by Gasteiger charge is -2.14. The molecule has 0 aliphatic carbocycles. The largest absolute Gasteiger partial charge is 0.491 e. The van der Waals surface area contributed by atoms with Crippen LogP contribution in [0.1, 0.15) is 19.4 Å². The van der Waals surface area contributed by atoms with E-state index in [1.165, 1.54) is 5.56 Å². The monoisotopic (exact) mass is 346 g/mol. The van der Waals surface area contributed by atoms with Gasteiger partial charge in [-0.3, -0.25) is 4.72 Å². The van der Waals surface area contributed by atoms with Gasteiger partial charge in [-0.1, -0.05) is 0 Å². The molecule has 0 amide bonds. The van der Waals surface area contributed by atoms with Gasteiger partial charge in [0.05, 0.1) is 11.0 Å². The quantitative estimate of drug-likeness (QED) is 0.903. The van der Waals surface area contributed by atoms with Crippen molar-refractivity contribution in [2.75, 3.05) is 23.2 Å². The highest BCUT2D eigenvalue weighted by molar-refractivity contribution is 7.92. The molecular formula is C18H22N2O3S. The van der Waals surface area contributed by atoms with Gasteiger partial charge in [0.15, 0.2) is 0 Å². The fourth-order valence-electron chi connectivity index (χ4n) is 2.81. The number of fused-ring (bicyclic) bond motifs is 1. The number of hydrogen-bond donors (Lipinski definition) is 1. The molecule has 0 fully saturated rings. The van der Waals surface area contributed by atoms with Crippen molar-refractivity contribution >= 4 is 21.4 Å². The molecule has 24 heavy (non-hydrogen) atoms. The second kappa shape index (κ2) is 6.36. The third kappa shape index (κ3) is 3.48. The van der Waals surface area contributed by atoms with Gasteiger partial charge < -0.3 is 9.64 Å². The molecule has 1 N–H and O–H groups in total. The van der Waals surface area contributed by atoms with Crippen molar-refractivity contribution in [3.63, 3.8) is 0 Å². The Hall–Kier alpha value is -2.21. The summed E-state index contributed by atoms with van der Waals surface area (Å²) in [6.45, 7) is 4.82. The maximum absolute atomic E-state index is 12.5. The number of ether oxygens (including phenoxy) is 1. The summed E-state index contributed by atoms with van der Waals surface area (Å²) < 4.78 is 33.3. The molecule has 5 nitrogen and oxygen atoms in total. The van der Waals surface area contributed by atoms with Crippen LogP contribution in [0.15, 0.2) is 47.4 Å². The molecule has 3 rings (SSSR count). The molecule has 0 saturated heterocycles. The zero-order valence-corrected chi connectivity index (χ0v) is 14.9. The number of nitrogens with one attached hydrogen (secondary N) is 1. The summed E-state index contributed by atoms with van der Waals surface area (Å²) in [6.07, 6.45) is 0.984.